The first-order chi connectivity index (χ1) is 8.20. The van der Waals surface area contributed by atoms with Gasteiger partial charge in [0, 0.05) is 18.1 Å². The van der Waals surface area contributed by atoms with Crippen LogP contribution in [0.4, 0.5) is 0 Å². The zero-order valence-corrected chi connectivity index (χ0v) is 10.1. The summed E-state index contributed by atoms with van der Waals surface area (Å²) in [5, 5.41) is 9.85. The Kier molecular flexibility index (Phi) is 3.99. The van der Waals surface area contributed by atoms with E-state index >= 15 is 0 Å². The summed E-state index contributed by atoms with van der Waals surface area (Å²) < 4.78 is 5.23. The molecule has 0 amide bonds. The number of carboxylic acid groups (broad SMARTS) is 1. The van der Waals surface area contributed by atoms with Crippen molar-refractivity contribution in [1.29, 1.82) is 0 Å². The molecule has 92 valence electrons. The van der Waals surface area contributed by atoms with Gasteiger partial charge in [0.05, 0.1) is 13.2 Å². The highest BCUT2D eigenvalue weighted by Crippen LogP contribution is 2.28. The minimum absolute atomic E-state index is 0.492. The molecule has 0 unspecified atom stereocenters. The van der Waals surface area contributed by atoms with Crippen LogP contribution in [0.5, 0.6) is 0 Å². The first kappa shape index (κ1) is 12.4. The van der Waals surface area contributed by atoms with Crippen LogP contribution in [0.15, 0.2) is 24.3 Å². The van der Waals surface area contributed by atoms with Gasteiger partial charge in [-0.15, -0.1) is 0 Å². The summed E-state index contributed by atoms with van der Waals surface area (Å²) in [4.78, 5) is 13.3. The highest BCUT2D eigenvalue weighted by molar-refractivity contribution is 6.31. The molecule has 0 saturated carbocycles. The fourth-order valence-electron chi connectivity index (χ4n) is 2.02. The van der Waals surface area contributed by atoms with Gasteiger partial charge in [0.1, 0.15) is 6.04 Å². The number of ether oxygens (including phenoxy) is 1. The SMILES string of the molecule is O=C(O)[C@@H](c1ccccc1Cl)N1CCOCC1. The molecule has 5 heteroatoms. The molecule has 1 N–H and O–H groups in total. The van der Waals surface area contributed by atoms with Crippen molar-refractivity contribution >= 4 is 17.6 Å². The summed E-state index contributed by atoms with van der Waals surface area (Å²) in [6.45, 7) is 2.35. The number of nitrogens with zero attached hydrogens (tertiary/aromatic N) is 1. The number of hydrogen-bond acceptors (Lipinski definition) is 3. The van der Waals surface area contributed by atoms with E-state index in [4.69, 9.17) is 16.3 Å². The van der Waals surface area contributed by atoms with Gasteiger partial charge in [-0.2, -0.15) is 0 Å². The molecule has 2 rings (SSSR count). The fourth-order valence-corrected chi connectivity index (χ4v) is 2.26. The molecule has 4 nitrogen and oxygen atoms in total. The van der Waals surface area contributed by atoms with E-state index in [1.807, 2.05) is 4.90 Å². The Morgan fingerprint density at radius 2 is 2.00 bits per heavy atom. The van der Waals surface area contributed by atoms with Crippen molar-refractivity contribution in [3.8, 4) is 0 Å². The van der Waals surface area contributed by atoms with Gasteiger partial charge in [0.2, 0.25) is 0 Å². The van der Waals surface area contributed by atoms with Gasteiger partial charge in [-0.05, 0) is 11.6 Å². The zero-order chi connectivity index (χ0) is 12.3. The minimum Gasteiger partial charge on any atom is -0.480 e. The lowest BCUT2D eigenvalue weighted by molar-refractivity contribution is -0.145. The minimum atomic E-state index is -0.875. The summed E-state index contributed by atoms with van der Waals surface area (Å²) in [5.41, 5.74) is 0.642. The fraction of sp³-hybridized carbons (Fsp3) is 0.417. The average Bonchev–Trinajstić information content (AvgIpc) is 2.33. The van der Waals surface area contributed by atoms with E-state index in [2.05, 4.69) is 0 Å². The lowest BCUT2D eigenvalue weighted by Gasteiger charge is -2.32. The van der Waals surface area contributed by atoms with Crippen LogP contribution < -0.4 is 0 Å². The third kappa shape index (κ3) is 2.77. The summed E-state index contributed by atoms with van der Waals surface area (Å²) in [6.07, 6.45) is 0. The number of morpholine rings is 1. The average molecular weight is 256 g/mol. The van der Waals surface area contributed by atoms with Crippen molar-refractivity contribution in [3.63, 3.8) is 0 Å². The van der Waals surface area contributed by atoms with Crippen molar-refractivity contribution in [2.75, 3.05) is 26.3 Å². The van der Waals surface area contributed by atoms with Gasteiger partial charge in [-0.25, -0.2) is 0 Å². The van der Waals surface area contributed by atoms with E-state index in [9.17, 15) is 9.90 Å². The van der Waals surface area contributed by atoms with Crippen molar-refractivity contribution in [2.24, 2.45) is 0 Å². The molecule has 1 aliphatic heterocycles. The Morgan fingerprint density at radius 1 is 1.35 bits per heavy atom. The topological polar surface area (TPSA) is 49.8 Å². The molecule has 1 heterocycles. The third-order valence-corrected chi connectivity index (χ3v) is 3.19. The number of hydrogen-bond donors (Lipinski definition) is 1. The van der Waals surface area contributed by atoms with Gasteiger partial charge in [0.25, 0.3) is 0 Å². The summed E-state index contributed by atoms with van der Waals surface area (Å²) in [5.74, 6) is -0.875. The van der Waals surface area contributed by atoms with Crippen LogP contribution in [0.1, 0.15) is 11.6 Å². The van der Waals surface area contributed by atoms with Gasteiger partial charge in [-0.1, -0.05) is 29.8 Å². The lowest BCUT2D eigenvalue weighted by Crippen LogP contribution is -2.42. The summed E-state index contributed by atoms with van der Waals surface area (Å²) in [7, 11) is 0. The first-order valence-electron chi connectivity index (χ1n) is 5.49. The molecule has 1 aromatic carbocycles. The van der Waals surface area contributed by atoms with Crippen LogP contribution in [-0.4, -0.2) is 42.3 Å². The molecule has 0 aromatic heterocycles. The van der Waals surface area contributed by atoms with E-state index in [1.165, 1.54) is 0 Å². The lowest BCUT2D eigenvalue weighted by atomic mass is 10.0. The van der Waals surface area contributed by atoms with Crippen molar-refractivity contribution < 1.29 is 14.6 Å². The van der Waals surface area contributed by atoms with Gasteiger partial charge >= 0.3 is 5.97 Å². The molecule has 0 bridgehead atoms. The predicted molar refractivity (Wildman–Crippen MR) is 64.2 cm³/mol. The van der Waals surface area contributed by atoms with Crippen molar-refractivity contribution in [3.05, 3.63) is 34.9 Å². The van der Waals surface area contributed by atoms with Crippen molar-refractivity contribution in [1.82, 2.24) is 4.90 Å². The Hall–Kier alpha value is -1.10. The van der Waals surface area contributed by atoms with Crippen LogP contribution in [0.2, 0.25) is 5.02 Å². The Labute approximate surface area is 105 Å². The van der Waals surface area contributed by atoms with E-state index in [-0.39, 0.29) is 0 Å². The van der Waals surface area contributed by atoms with Crippen molar-refractivity contribution in [2.45, 2.75) is 6.04 Å². The molecule has 1 fully saturated rings. The number of halogens is 1. The highest BCUT2D eigenvalue weighted by Gasteiger charge is 2.30. The molecule has 0 spiro atoms. The smallest absolute Gasteiger partial charge is 0.325 e. The molecule has 1 aromatic rings. The second-order valence-corrected chi connectivity index (χ2v) is 4.32. The second-order valence-electron chi connectivity index (χ2n) is 3.91. The van der Waals surface area contributed by atoms with E-state index in [0.29, 0.717) is 36.9 Å². The highest BCUT2D eigenvalue weighted by atomic mass is 35.5. The predicted octanol–water partition coefficient (Wildman–Crippen LogP) is 1.80. The molecular formula is C12H14ClNO3. The van der Waals surface area contributed by atoms with Gasteiger partial charge < -0.3 is 9.84 Å². The van der Waals surface area contributed by atoms with Crippen LogP contribution in [-0.2, 0) is 9.53 Å². The quantitative estimate of drug-likeness (QED) is 0.895. The normalized spacial score (nSPS) is 18.9. The maximum atomic E-state index is 11.4. The number of aliphatic carboxylic acids is 1. The maximum Gasteiger partial charge on any atom is 0.325 e. The number of rotatable bonds is 3. The Balaban J connectivity index is 2.28. The van der Waals surface area contributed by atoms with Crippen LogP contribution in [0, 0.1) is 0 Å². The summed E-state index contributed by atoms with van der Waals surface area (Å²) in [6, 6.07) is 6.39. The molecular weight excluding hydrogens is 242 g/mol. The van der Waals surface area contributed by atoms with E-state index in [0.717, 1.165) is 0 Å². The molecule has 0 aliphatic carbocycles. The van der Waals surface area contributed by atoms with E-state index < -0.39 is 12.0 Å². The van der Waals surface area contributed by atoms with Crippen LogP contribution in [0.3, 0.4) is 0 Å². The van der Waals surface area contributed by atoms with Crippen LogP contribution >= 0.6 is 11.6 Å². The Bertz CT molecular complexity index is 404. The van der Waals surface area contributed by atoms with Gasteiger partial charge in [-0.3, -0.25) is 9.69 Å². The largest absolute Gasteiger partial charge is 0.480 e. The monoisotopic (exact) mass is 255 g/mol. The first-order valence-corrected chi connectivity index (χ1v) is 5.87. The second kappa shape index (κ2) is 5.49. The van der Waals surface area contributed by atoms with Gasteiger partial charge in [0.15, 0.2) is 0 Å². The Morgan fingerprint density at radius 3 is 2.59 bits per heavy atom. The third-order valence-electron chi connectivity index (χ3n) is 2.84. The molecule has 1 atom stereocenters. The summed E-state index contributed by atoms with van der Waals surface area (Å²) >= 11 is 6.06. The number of carboxylic acids is 1. The maximum absolute atomic E-state index is 11.4. The molecule has 17 heavy (non-hydrogen) atoms. The zero-order valence-electron chi connectivity index (χ0n) is 9.30. The molecule has 1 aliphatic rings. The molecule has 1 saturated heterocycles. The standard InChI is InChI=1S/C12H14ClNO3/c13-10-4-2-1-3-9(10)11(12(15)16)14-5-7-17-8-6-14/h1-4,11H,5-8H2,(H,15,16)/t11-/m1/s1. The van der Waals surface area contributed by atoms with Crippen LogP contribution in [0.25, 0.3) is 0 Å². The number of benzene rings is 1. The molecule has 0 radical (unpaired) electrons. The van der Waals surface area contributed by atoms with E-state index in [1.54, 1.807) is 24.3 Å². The number of carbonyl (C=O) groups is 1.